The van der Waals surface area contributed by atoms with E-state index in [-0.39, 0.29) is 17.3 Å². The molecule has 34 heavy (non-hydrogen) atoms. The molecule has 5 nitrogen and oxygen atoms in total. The Hall–Kier alpha value is -1.59. The molecule has 1 heterocycles. The molecule has 1 saturated heterocycles. The molecule has 4 rings (SSSR count). The molecular weight excluding hydrogens is 424 g/mol. The average Bonchev–Trinajstić information content (AvgIpc) is 3.65. The van der Waals surface area contributed by atoms with Crippen molar-refractivity contribution in [1.29, 1.82) is 0 Å². The summed E-state index contributed by atoms with van der Waals surface area (Å²) in [6.07, 6.45) is 13.4. The fourth-order valence-electron chi connectivity index (χ4n) is 6.97. The molecule has 1 saturated carbocycles. The highest BCUT2D eigenvalue weighted by atomic mass is 16.5. The number of hydrogen-bond donors (Lipinski definition) is 2. The minimum Gasteiger partial charge on any atom is -0.508 e. The maximum absolute atomic E-state index is 12.2. The van der Waals surface area contributed by atoms with Gasteiger partial charge in [-0.25, -0.2) is 0 Å². The fourth-order valence-corrected chi connectivity index (χ4v) is 6.97. The molecular formula is C29H46N2O3. The van der Waals surface area contributed by atoms with Gasteiger partial charge in [-0.2, -0.15) is 0 Å². The second-order valence-corrected chi connectivity index (χ2v) is 11.3. The summed E-state index contributed by atoms with van der Waals surface area (Å²) in [4.78, 5) is 15.0. The second-order valence-electron chi connectivity index (χ2n) is 11.3. The number of ether oxygens (including phenoxy) is 1. The van der Waals surface area contributed by atoms with E-state index in [1.807, 2.05) is 6.07 Å². The van der Waals surface area contributed by atoms with Gasteiger partial charge in [0.2, 0.25) is 0 Å². The number of methoxy groups -OCH3 is 1. The van der Waals surface area contributed by atoms with E-state index in [0.717, 1.165) is 50.9 Å². The van der Waals surface area contributed by atoms with E-state index in [1.165, 1.54) is 63.4 Å². The van der Waals surface area contributed by atoms with E-state index < -0.39 is 0 Å². The lowest BCUT2D eigenvalue weighted by Gasteiger charge is -2.56. The molecule has 2 aliphatic carbocycles. The van der Waals surface area contributed by atoms with Crippen LogP contribution in [0.1, 0.15) is 88.7 Å². The summed E-state index contributed by atoms with van der Waals surface area (Å²) >= 11 is 0. The lowest BCUT2D eigenvalue weighted by atomic mass is 9.56. The third-order valence-corrected chi connectivity index (χ3v) is 9.23. The molecule has 2 bridgehead atoms. The molecule has 3 N–H and O–H groups in total. The van der Waals surface area contributed by atoms with Gasteiger partial charge in [-0.3, -0.25) is 9.69 Å². The third-order valence-electron chi connectivity index (χ3n) is 9.23. The number of phenolic OH excluding ortho intramolecular Hbond substituents is 1. The van der Waals surface area contributed by atoms with Crippen molar-refractivity contribution in [3.63, 3.8) is 0 Å². The van der Waals surface area contributed by atoms with Crippen LogP contribution in [0.3, 0.4) is 0 Å². The monoisotopic (exact) mass is 470 g/mol. The first-order valence-corrected chi connectivity index (χ1v) is 13.8. The third kappa shape index (κ3) is 5.62. The summed E-state index contributed by atoms with van der Waals surface area (Å²) in [7, 11) is 1.50. The van der Waals surface area contributed by atoms with Crippen molar-refractivity contribution < 1.29 is 14.6 Å². The summed E-state index contributed by atoms with van der Waals surface area (Å²) in [5.41, 5.74) is 8.66. The molecule has 0 amide bonds. The zero-order chi connectivity index (χ0) is 24.1. The Morgan fingerprint density at radius 3 is 2.68 bits per heavy atom. The number of nitrogens with two attached hydrogens (primary N) is 1. The van der Waals surface area contributed by atoms with Crippen LogP contribution < -0.4 is 5.73 Å². The van der Waals surface area contributed by atoms with Gasteiger partial charge in [0.25, 0.3) is 0 Å². The van der Waals surface area contributed by atoms with E-state index in [1.54, 1.807) is 0 Å². The summed E-state index contributed by atoms with van der Waals surface area (Å²) in [6.45, 7) is 5.62. The number of hydrogen-bond acceptors (Lipinski definition) is 5. The molecule has 0 unspecified atom stereocenters. The largest absolute Gasteiger partial charge is 0.508 e. The van der Waals surface area contributed by atoms with Gasteiger partial charge in [-0.1, -0.05) is 38.7 Å². The van der Waals surface area contributed by atoms with Gasteiger partial charge < -0.3 is 15.6 Å². The van der Waals surface area contributed by atoms with E-state index in [2.05, 4.69) is 24.0 Å². The van der Waals surface area contributed by atoms with Crippen molar-refractivity contribution in [2.24, 2.45) is 23.5 Å². The molecule has 1 aliphatic heterocycles. The number of esters is 1. The van der Waals surface area contributed by atoms with Crippen LogP contribution in [0.25, 0.3) is 0 Å². The summed E-state index contributed by atoms with van der Waals surface area (Å²) in [5, 5.41) is 10.3. The van der Waals surface area contributed by atoms with Crippen LogP contribution in [0.15, 0.2) is 18.2 Å². The lowest BCUT2D eigenvalue weighted by molar-refractivity contribution is -0.146. The topological polar surface area (TPSA) is 75.8 Å². The zero-order valence-corrected chi connectivity index (χ0v) is 21.4. The SMILES string of the molecule is COC(=O)[C@H](CCCCN)CCCCC[C@]12CCN(CC3CC3)[C@H](Cc3ccc(O)cc31)[C@@H]2C. The van der Waals surface area contributed by atoms with Crippen LogP contribution in [0.5, 0.6) is 5.75 Å². The predicted molar refractivity (Wildman–Crippen MR) is 137 cm³/mol. The van der Waals surface area contributed by atoms with Crippen molar-refractivity contribution in [1.82, 2.24) is 4.90 Å². The van der Waals surface area contributed by atoms with E-state index >= 15 is 0 Å². The summed E-state index contributed by atoms with van der Waals surface area (Å²) in [5.74, 6) is 1.88. The van der Waals surface area contributed by atoms with Crippen molar-refractivity contribution in [3.05, 3.63) is 29.3 Å². The maximum atomic E-state index is 12.2. The standard InChI is InChI=1S/C29H46N2O3/c1-21-27-18-24-12-13-25(32)19-26(24)29(21,15-17-31(27)20-22-10-11-22)14-6-3-4-8-23(28(33)34-2)9-5-7-16-30/h12-13,19,21-23,27,32H,3-11,14-18,20,30H2,1-2H3/t21-,23-,27+,29+/m0/s1. The normalized spacial score (nSPS) is 27.3. The quantitative estimate of drug-likeness (QED) is 0.307. The van der Waals surface area contributed by atoms with Gasteiger partial charge in [0.15, 0.2) is 0 Å². The number of fused-ring (bicyclic) bond motifs is 4. The first kappa shape index (κ1) is 25.5. The molecule has 0 aromatic heterocycles. The second kappa shape index (κ2) is 11.4. The van der Waals surface area contributed by atoms with Crippen molar-refractivity contribution in [2.75, 3.05) is 26.7 Å². The number of piperidine rings is 1. The molecule has 190 valence electrons. The first-order chi connectivity index (χ1) is 16.5. The average molecular weight is 471 g/mol. The van der Waals surface area contributed by atoms with Gasteiger partial charge in [0, 0.05) is 18.0 Å². The van der Waals surface area contributed by atoms with Crippen molar-refractivity contribution >= 4 is 5.97 Å². The number of likely N-dealkylation sites (tertiary alicyclic amines) is 1. The van der Waals surface area contributed by atoms with Crippen LogP contribution in [0, 0.1) is 17.8 Å². The van der Waals surface area contributed by atoms with Crippen LogP contribution >= 0.6 is 0 Å². The molecule has 0 spiro atoms. The Balaban J connectivity index is 1.39. The van der Waals surface area contributed by atoms with Gasteiger partial charge >= 0.3 is 5.97 Å². The predicted octanol–water partition coefficient (Wildman–Crippen LogP) is 5.18. The number of aromatic hydroxyl groups is 1. The fraction of sp³-hybridized carbons (Fsp3) is 0.759. The lowest BCUT2D eigenvalue weighted by Crippen LogP contribution is -2.59. The number of carbonyl (C=O) groups excluding carboxylic acids is 1. The summed E-state index contributed by atoms with van der Waals surface area (Å²) in [6, 6.07) is 6.75. The van der Waals surface area contributed by atoms with Crippen molar-refractivity contribution in [3.8, 4) is 5.75 Å². The van der Waals surface area contributed by atoms with Crippen LogP contribution in [-0.2, 0) is 21.4 Å². The molecule has 0 radical (unpaired) electrons. The molecule has 5 heteroatoms. The zero-order valence-electron chi connectivity index (χ0n) is 21.4. The number of benzene rings is 1. The van der Waals surface area contributed by atoms with Crippen LogP contribution in [-0.4, -0.2) is 48.8 Å². The van der Waals surface area contributed by atoms with Crippen LogP contribution in [0.2, 0.25) is 0 Å². The molecule has 4 atom stereocenters. The van der Waals surface area contributed by atoms with Gasteiger partial charge in [0.1, 0.15) is 5.75 Å². The van der Waals surface area contributed by atoms with Gasteiger partial charge in [-0.05, 0) is 99.6 Å². The number of carbonyl (C=O) groups is 1. The first-order valence-electron chi connectivity index (χ1n) is 13.8. The Morgan fingerprint density at radius 2 is 1.97 bits per heavy atom. The van der Waals surface area contributed by atoms with Gasteiger partial charge in [0.05, 0.1) is 13.0 Å². The van der Waals surface area contributed by atoms with E-state index in [9.17, 15) is 9.90 Å². The molecule has 1 aromatic carbocycles. The minimum absolute atomic E-state index is 0.0102. The van der Waals surface area contributed by atoms with E-state index in [4.69, 9.17) is 10.5 Å². The van der Waals surface area contributed by atoms with E-state index in [0.29, 0.717) is 24.3 Å². The number of phenols is 1. The molecule has 3 aliphatic rings. The minimum atomic E-state index is -0.0632. The molecule has 1 aromatic rings. The Morgan fingerprint density at radius 1 is 1.21 bits per heavy atom. The molecule has 2 fully saturated rings. The Kier molecular flexibility index (Phi) is 8.57. The van der Waals surface area contributed by atoms with Crippen LogP contribution in [0.4, 0.5) is 0 Å². The van der Waals surface area contributed by atoms with Crippen molar-refractivity contribution in [2.45, 2.75) is 95.4 Å². The highest BCUT2D eigenvalue weighted by Crippen LogP contribution is 2.53. The number of nitrogens with zero attached hydrogens (tertiary/aromatic N) is 1. The Labute approximate surface area is 206 Å². The summed E-state index contributed by atoms with van der Waals surface area (Å²) < 4.78 is 5.06. The number of unbranched alkanes of at least 4 members (excludes halogenated alkanes) is 3. The van der Waals surface area contributed by atoms with Gasteiger partial charge in [-0.15, -0.1) is 0 Å². The Bertz CT molecular complexity index is 824. The smallest absolute Gasteiger partial charge is 0.308 e. The highest BCUT2D eigenvalue weighted by Gasteiger charge is 2.51. The number of rotatable bonds is 13. The maximum Gasteiger partial charge on any atom is 0.308 e. The highest BCUT2D eigenvalue weighted by molar-refractivity contribution is 5.72.